The van der Waals surface area contributed by atoms with Gasteiger partial charge in [-0.25, -0.2) is 0 Å². The minimum atomic E-state index is -5.94. The van der Waals surface area contributed by atoms with E-state index in [0.717, 1.165) is 6.20 Å². The first-order valence-corrected chi connectivity index (χ1v) is 5.91. The van der Waals surface area contributed by atoms with Crippen molar-refractivity contribution in [1.82, 2.24) is 4.98 Å². The van der Waals surface area contributed by atoms with Crippen LogP contribution in [0.15, 0.2) is 24.4 Å². The molecule has 2 aromatic rings. The van der Waals surface area contributed by atoms with Gasteiger partial charge in [-0.2, -0.15) is 22.0 Å². The second-order valence-electron chi connectivity index (χ2n) is 4.24. The first-order chi connectivity index (χ1) is 9.68. The molecule has 114 valence electrons. The average molecular weight is 307 g/mol. The molecule has 1 heterocycles. The average Bonchev–Trinajstić information content (AvgIpc) is 2.79. The Labute approximate surface area is 115 Å². The third-order valence-electron chi connectivity index (χ3n) is 2.85. The molecule has 2 rings (SSSR count). The van der Waals surface area contributed by atoms with E-state index in [9.17, 15) is 26.7 Å². The molecule has 0 aliphatic heterocycles. The molecule has 0 saturated carbocycles. The number of Topliss-reactive ketones (excluding diaryl/α,β-unsaturated/α-hetero) is 1. The molecule has 3 nitrogen and oxygen atoms in total. The summed E-state index contributed by atoms with van der Waals surface area (Å²) in [6, 6.07) is 4.19. The molecule has 0 saturated heterocycles. The number of alkyl halides is 5. The minimum Gasteiger partial charge on any atom is -0.494 e. The Morgan fingerprint density at radius 3 is 2.48 bits per heavy atom. The van der Waals surface area contributed by atoms with Gasteiger partial charge in [-0.3, -0.25) is 4.79 Å². The number of rotatable bonds is 4. The molecule has 0 spiro atoms. The predicted octanol–water partition coefficient (Wildman–Crippen LogP) is 3.95. The molecule has 1 N–H and O–H groups in total. The lowest BCUT2D eigenvalue weighted by Gasteiger charge is -2.17. The van der Waals surface area contributed by atoms with Gasteiger partial charge in [0, 0.05) is 22.7 Å². The molecule has 0 aliphatic carbocycles. The first kappa shape index (κ1) is 15.3. The van der Waals surface area contributed by atoms with Gasteiger partial charge in [0.05, 0.1) is 6.61 Å². The van der Waals surface area contributed by atoms with Crippen LogP contribution in [0.2, 0.25) is 0 Å². The maximum Gasteiger partial charge on any atom is 0.461 e. The standard InChI is InChI=1S/C13H10F5NO2/c1-2-21-7-3-4-10-8(5-7)9(6-19-10)11(20)12(14,15)13(16,17)18/h3-6,19H,2H2,1H3. The molecule has 21 heavy (non-hydrogen) atoms. The van der Waals surface area contributed by atoms with Crippen molar-refractivity contribution in [2.45, 2.75) is 19.0 Å². The quantitative estimate of drug-likeness (QED) is 0.686. The Bertz CT molecular complexity index is 675. The monoisotopic (exact) mass is 307 g/mol. The van der Waals surface area contributed by atoms with E-state index in [4.69, 9.17) is 4.74 Å². The van der Waals surface area contributed by atoms with Crippen LogP contribution in [0, 0.1) is 0 Å². The smallest absolute Gasteiger partial charge is 0.461 e. The van der Waals surface area contributed by atoms with Gasteiger partial charge in [0.15, 0.2) is 0 Å². The number of H-pyrrole nitrogens is 1. The Morgan fingerprint density at radius 1 is 1.24 bits per heavy atom. The van der Waals surface area contributed by atoms with Gasteiger partial charge in [0.2, 0.25) is 5.78 Å². The Balaban J connectivity index is 2.51. The number of carbonyl (C=O) groups excluding carboxylic acids is 1. The summed E-state index contributed by atoms with van der Waals surface area (Å²) in [6.45, 7) is 1.98. The molecule has 0 amide bonds. The molecule has 0 atom stereocenters. The van der Waals surface area contributed by atoms with Crippen LogP contribution < -0.4 is 4.74 Å². The summed E-state index contributed by atoms with van der Waals surface area (Å²) >= 11 is 0. The van der Waals surface area contributed by atoms with Gasteiger partial charge >= 0.3 is 12.1 Å². The van der Waals surface area contributed by atoms with Crippen LogP contribution >= 0.6 is 0 Å². The van der Waals surface area contributed by atoms with Gasteiger partial charge in [0.25, 0.3) is 0 Å². The minimum absolute atomic E-state index is 0.0464. The molecular formula is C13H10F5NO2. The van der Waals surface area contributed by atoms with Crippen LogP contribution in [0.5, 0.6) is 5.75 Å². The highest BCUT2D eigenvalue weighted by Crippen LogP contribution is 2.39. The lowest BCUT2D eigenvalue weighted by atomic mass is 10.0. The summed E-state index contributed by atoms with van der Waals surface area (Å²) in [5, 5.41) is -0.0464. The number of hydrogen-bond acceptors (Lipinski definition) is 2. The zero-order chi connectivity index (χ0) is 15.8. The van der Waals surface area contributed by atoms with Crippen molar-refractivity contribution >= 4 is 16.7 Å². The maximum atomic E-state index is 13.1. The fourth-order valence-electron chi connectivity index (χ4n) is 1.84. The summed E-state index contributed by atoms with van der Waals surface area (Å²) in [5.41, 5.74) is -0.464. The lowest BCUT2D eigenvalue weighted by Crippen LogP contribution is -2.44. The molecule has 1 aromatic carbocycles. The first-order valence-electron chi connectivity index (χ1n) is 5.91. The van der Waals surface area contributed by atoms with E-state index in [2.05, 4.69) is 4.98 Å². The van der Waals surface area contributed by atoms with E-state index in [1.165, 1.54) is 18.2 Å². The van der Waals surface area contributed by atoms with Crippen molar-refractivity contribution < 1.29 is 31.5 Å². The molecule has 0 aliphatic rings. The van der Waals surface area contributed by atoms with Crippen molar-refractivity contribution in [2.24, 2.45) is 0 Å². The van der Waals surface area contributed by atoms with Gasteiger partial charge in [-0.15, -0.1) is 0 Å². The summed E-state index contributed by atoms with van der Waals surface area (Å²) < 4.78 is 68.2. The van der Waals surface area contributed by atoms with Crippen LogP contribution in [-0.4, -0.2) is 29.5 Å². The van der Waals surface area contributed by atoms with Crippen LogP contribution in [0.25, 0.3) is 10.9 Å². The molecule has 0 fully saturated rings. The third-order valence-corrected chi connectivity index (χ3v) is 2.85. The highest BCUT2D eigenvalue weighted by molar-refractivity contribution is 6.11. The van der Waals surface area contributed by atoms with Gasteiger partial charge < -0.3 is 9.72 Å². The molecule has 0 bridgehead atoms. The van der Waals surface area contributed by atoms with E-state index >= 15 is 0 Å². The third kappa shape index (κ3) is 2.57. The lowest BCUT2D eigenvalue weighted by molar-refractivity contribution is -0.255. The van der Waals surface area contributed by atoms with Gasteiger partial charge in [-0.05, 0) is 25.1 Å². The second-order valence-corrected chi connectivity index (χ2v) is 4.24. The number of halogens is 5. The maximum absolute atomic E-state index is 13.1. The second kappa shape index (κ2) is 5.01. The van der Waals surface area contributed by atoms with E-state index < -0.39 is 23.4 Å². The molecule has 1 aromatic heterocycles. The molecule has 0 unspecified atom stereocenters. The Hall–Kier alpha value is -2.12. The van der Waals surface area contributed by atoms with E-state index in [-0.39, 0.29) is 23.3 Å². The van der Waals surface area contributed by atoms with E-state index in [0.29, 0.717) is 0 Å². The number of fused-ring (bicyclic) bond motifs is 1. The molecular weight excluding hydrogens is 297 g/mol. The fraction of sp³-hybridized carbons (Fsp3) is 0.308. The van der Waals surface area contributed by atoms with Crippen molar-refractivity contribution in [1.29, 1.82) is 0 Å². The SMILES string of the molecule is CCOc1ccc2[nH]cc(C(=O)C(F)(F)C(F)(F)F)c2c1. The van der Waals surface area contributed by atoms with Crippen molar-refractivity contribution in [3.8, 4) is 5.75 Å². The van der Waals surface area contributed by atoms with Crippen LogP contribution in [0.1, 0.15) is 17.3 Å². The highest BCUT2D eigenvalue weighted by Gasteiger charge is 2.63. The number of benzene rings is 1. The van der Waals surface area contributed by atoms with Crippen LogP contribution in [0.4, 0.5) is 22.0 Å². The van der Waals surface area contributed by atoms with Crippen molar-refractivity contribution in [2.75, 3.05) is 6.61 Å². The number of carbonyl (C=O) groups is 1. The summed E-state index contributed by atoms with van der Waals surface area (Å²) in [5.74, 6) is -7.46. The number of ether oxygens (including phenoxy) is 1. The number of hydrogen-bond donors (Lipinski definition) is 1. The van der Waals surface area contributed by atoms with Crippen molar-refractivity contribution in [3.63, 3.8) is 0 Å². The number of nitrogens with one attached hydrogen (secondary N) is 1. The van der Waals surface area contributed by atoms with Crippen LogP contribution in [0.3, 0.4) is 0 Å². The Kier molecular flexibility index (Phi) is 3.65. The normalized spacial score (nSPS) is 12.7. The van der Waals surface area contributed by atoms with E-state index in [1.807, 2.05) is 0 Å². The van der Waals surface area contributed by atoms with E-state index in [1.54, 1.807) is 6.92 Å². The largest absolute Gasteiger partial charge is 0.494 e. The topological polar surface area (TPSA) is 42.1 Å². The number of aromatic amines is 1. The predicted molar refractivity (Wildman–Crippen MR) is 64.8 cm³/mol. The fourth-order valence-corrected chi connectivity index (χ4v) is 1.84. The van der Waals surface area contributed by atoms with Gasteiger partial charge in [-0.1, -0.05) is 0 Å². The summed E-state index contributed by atoms with van der Waals surface area (Å²) in [4.78, 5) is 14.0. The molecule has 0 radical (unpaired) electrons. The zero-order valence-corrected chi connectivity index (χ0v) is 10.7. The Morgan fingerprint density at radius 2 is 1.90 bits per heavy atom. The number of aromatic nitrogens is 1. The summed E-state index contributed by atoms with van der Waals surface area (Å²) in [7, 11) is 0. The summed E-state index contributed by atoms with van der Waals surface area (Å²) in [6.07, 6.45) is -5.10. The molecule has 8 heteroatoms. The van der Waals surface area contributed by atoms with Crippen molar-refractivity contribution in [3.05, 3.63) is 30.0 Å². The highest BCUT2D eigenvalue weighted by atomic mass is 19.4. The zero-order valence-electron chi connectivity index (χ0n) is 10.7. The number of ketones is 1. The van der Waals surface area contributed by atoms with Gasteiger partial charge in [0.1, 0.15) is 5.75 Å². The van der Waals surface area contributed by atoms with Crippen LogP contribution in [-0.2, 0) is 0 Å².